The molecule has 0 fully saturated rings. The van der Waals surface area contributed by atoms with Crippen molar-refractivity contribution in [1.82, 2.24) is 0 Å². The minimum absolute atomic E-state index is 0. The van der Waals surface area contributed by atoms with Gasteiger partial charge in [-0.15, -0.1) is 0 Å². The summed E-state index contributed by atoms with van der Waals surface area (Å²) in [5, 5.41) is 24.3. The molecule has 0 aliphatic heterocycles. The number of benzene rings is 4. The van der Waals surface area contributed by atoms with E-state index in [2.05, 4.69) is 111 Å². The first-order chi connectivity index (χ1) is 23.7. The molecule has 0 aromatic heterocycles. The Morgan fingerprint density at radius 3 is 0.962 bits per heavy atom. The van der Waals surface area contributed by atoms with Crippen LogP contribution in [0.15, 0.2) is 97.1 Å². The van der Waals surface area contributed by atoms with Crippen LogP contribution in [-0.4, -0.2) is 81.9 Å². The SMILES string of the molecule is C.C.C.CC.CC.CCCCC.CCP(C)(=O)C(OCC(O)COC)OCC(O)COC.c1ccc2ccccc2c1.c1ccc2ccccc2c1. The summed E-state index contributed by atoms with van der Waals surface area (Å²) in [7, 11) is 0.252. The summed E-state index contributed by atoms with van der Waals surface area (Å²) in [6, 6.07) is 32.5. The molecule has 0 aliphatic carbocycles. The van der Waals surface area contributed by atoms with E-state index in [0.29, 0.717) is 6.16 Å². The van der Waals surface area contributed by atoms with Crippen LogP contribution in [0.5, 0.6) is 0 Å². The lowest BCUT2D eigenvalue weighted by Crippen LogP contribution is -2.30. The smallest absolute Gasteiger partial charge is 0.211 e. The number of aliphatic hydroxyl groups excluding tert-OH is 2. The Balaban J connectivity index is -0.000000195. The van der Waals surface area contributed by atoms with Crippen molar-refractivity contribution >= 4 is 28.7 Å². The molecule has 0 amide bonds. The molecule has 0 aliphatic rings. The maximum atomic E-state index is 12.3. The van der Waals surface area contributed by atoms with Crippen LogP contribution < -0.4 is 0 Å². The van der Waals surface area contributed by atoms with E-state index in [1.54, 1.807) is 13.6 Å². The molecule has 3 unspecified atom stereocenters. The second-order valence-corrected chi connectivity index (χ2v) is 14.1. The molecule has 4 aromatic carbocycles. The third-order valence-electron chi connectivity index (χ3n) is 6.68. The molecule has 8 heteroatoms. The maximum Gasteiger partial charge on any atom is 0.211 e. The summed E-state index contributed by atoms with van der Waals surface area (Å²) >= 11 is 0. The van der Waals surface area contributed by atoms with Gasteiger partial charge in [0.15, 0.2) is 0 Å². The van der Waals surface area contributed by atoms with Crippen molar-refractivity contribution in [3.8, 4) is 0 Å². The summed E-state index contributed by atoms with van der Waals surface area (Å²) in [5.74, 6) is 0. The van der Waals surface area contributed by atoms with Gasteiger partial charge >= 0.3 is 0 Å². The van der Waals surface area contributed by atoms with Crippen LogP contribution in [0.1, 0.15) is 90.0 Å². The standard InChI is InChI=1S/C12H27O7P.2C10H8.C5H12.2C2H6.3CH4/c1-5-20(4,15)12(18-8-10(13)6-16-2)19-9-11(14)7-17-3;2*1-2-6-10-8-4-3-7-9(10)5-1;1-3-5-4-2;2*1-2;;;/h10-14H,5-9H2,1-4H3;2*1-8H;3-5H2,1-2H3;2*1-2H3;3*1H4. The number of hydrogen-bond acceptors (Lipinski definition) is 7. The molecule has 0 bridgehead atoms. The predicted octanol–water partition coefficient (Wildman–Crippen LogP) is 12.2. The predicted molar refractivity (Wildman–Crippen MR) is 232 cm³/mol. The number of rotatable bonds is 14. The van der Waals surface area contributed by atoms with Crippen molar-refractivity contribution in [2.45, 2.75) is 108 Å². The lowest BCUT2D eigenvalue weighted by Gasteiger charge is -2.26. The van der Waals surface area contributed by atoms with Crippen molar-refractivity contribution in [2.75, 3.05) is 53.5 Å². The number of aliphatic hydroxyl groups is 2. The largest absolute Gasteiger partial charge is 0.388 e. The quantitative estimate of drug-likeness (QED) is 0.0978. The number of methoxy groups -OCH3 is 2. The molecule has 0 saturated carbocycles. The molecular formula is C44H79O7P. The van der Waals surface area contributed by atoms with Crippen molar-refractivity contribution in [1.29, 1.82) is 0 Å². The van der Waals surface area contributed by atoms with E-state index in [4.69, 9.17) is 18.9 Å². The molecule has 7 nitrogen and oxygen atoms in total. The molecule has 0 spiro atoms. The molecule has 4 aromatic rings. The zero-order valence-electron chi connectivity index (χ0n) is 32.0. The van der Waals surface area contributed by atoms with Crippen LogP contribution in [0.3, 0.4) is 0 Å². The van der Waals surface area contributed by atoms with Gasteiger partial charge in [0, 0.05) is 20.4 Å². The molecule has 4 rings (SSSR count). The fourth-order valence-corrected chi connectivity index (χ4v) is 5.10. The van der Waals surface area contributed by atoms with Crippen molar-refractivity contribution in [3.63, 3.8) is 0 Å². The molecule has 0 saturated heterocycles. The van der Waals surface area contributed by atoms with E-state index in [9.17, 15) is 14.8 Å². The lowest BCUT2D eigenvalue weighted by atomic mass is 10.1. The van der Waals surface area contributed by atoms with Gasteiger partial charge in [0.05, 0.1) is 26.4 Å². The van der Waals surface area contributed by atoms with Crippen molar-refractivity contribution < 1.29 is 33.7 Å². The number of fused-ring (bicyclic) bond motifs is 2. The van der Waals surface area contributed by atoms with Crippen LogP contribution in [0.4, 0.5) is 0 Å². The van der Waals surface area contributed by atoms with Crippen LogP contribution >= 0.6 is 7.14 Å². The normalized spacial score (nSPS) is 12.3. The van der Waals surface area contributed by atoms with Gasteiger partial charge in [-0.25, -0.2) is 0 Å². The summed E-state index contributed by atoms with van der Waals surface area (Å²) in [4.78, 5) is 0. The van der Waals surface area contributed by atoms with Gasteiger partial charge in [-0.3, -0.25) is 0 Å². The van der Waals surface area contributed by atoms with E-state index >= 15 is 0 Å². The molecule has 0 heterocycles. The molecule has 0 radical (unpaired) electrons. The molecule has 302 valence electrons. The van der Waals surface area contributed by atoms with E-state index in [1.807, 2.05) is 27.7 Å². The van der Waals surface area contributed by atoms with Gasteiger partial charge in [0.25, 0.3) is 0 Å². The van der Waals surface area contributed by atoms with Gasteiger partial charge in [-0.05, 0) is 28.2 Å². The van der Waals surface area contributed by atoms with Gasteiger partial charge in [0.2, 0.25) is 6.03 Å². The molecule has 52 heavy (non-hydrogen) atoms. The van der Waals surface area contributed by atoms with Crippen molar-refractivity contribution in [3.05, 3.63) is 97.1 Å². The molecular weight excluding hydrogens is 671 g/mol. The van der Waals surface area contributed by atoms with Crippen LogP contribution in [0, 0.1) is 0 Å². The van der Waals surface area contributed by atoms with E-state index in [0.717, 1.165) is 0 Å². The average molecular weight is 751 g/mol. The fourth-order valence-electron chi connectivity index (χ4n) is 4.00. The maximum absolute atomic E-state index is 12.3. The highest BCUT2D eigenvalue weighted by molar-refractivity contribution is 7.63. The Morgan fingerprint density at radius 2 is 0.788 bits per heavy atom. The Bertz CT molecular complexity index is 1110. The minimum atomic E-state index is -2.68. The highest BCUT2D eigenvalue weighted by Gasteiger charge is 2.29. The molecule has 2 N–H and O–H groups in total. The second-order valence-electron chi connectivity index (χ2n) is 10.7. The average Bonchev–Trinajstić information content (AvgIpc) is 3.14. The first kappa shape index (κ1) is 58.7. The van der Waals surface area contributed by atoms with E-state index in [1.165, 1.54) is 55.0 Å². The summed E-state index contributed by atoms with van der Waals surface area (Å²) < 4.78 is 32.7. The highest BCUT2D eigenvalue weighted by atomic mass is 31.2. The first-order valence-electron chi connectivity index (χ1n) is 17.7. The third kappa shape index (κ3) is 28.0. The van der Waals surface area contributed by atoms with Gasteiger partial charge < -0.3 is 33.7 Å². The van der Waals surface area contributed by atoms with E-state index < -0.39 is 25.4 Å². The van der Waals surface area contributed by atoms with Gasteiger partial charge in [-0.2, -0.15) is 0 Å². The third-order valence-corrected chi connectivity index (χ3v) is 9.12. The lowest BCUT2D eigenvalue weighted by molar-refractivity contribution is -0.135. The Labute approximate surface area is 320 Å². The first-order valence-corrected chi connectivity index (χ1v) is 20.1. The van der Waals surface area contributed by atoms with Crippen LogP contribution in [-0.2, 0) is 23.5 Å². The van der Waals surface area contributed by atoms with Crippen LogP contribution in [0.25, 0.3) is 21.5 Å². The number of ether oxygens (including phenoxy) is 4. The fraction of sp³-hybridized carbons (Fsp3) is 0.545. The van der Waals surface area contributed by atoms with E-state index in [-0.39, 0.29) is 48.7 Å². The van der Waals surface area contributed by atoms with Crippen molar-refractivity contribution in [2.24, 2.45) is 0 Å². The zero-order chi connectivity index (χ0) is 37.3. The monoisotopic (exact) mass is 751 g/mol. The topological polar surface area (TPSA) is 94.5 Å². The summed E-state index contributed by atoms with van der Waals surface area (Å²) in [6.07, 6.45) is 2.85. The van der Waals surface area contributed by atoms with Crippen LogP contribution in [0.2, 0.25) is 0 Å². The molecule has 3 atom stereocenters. The second kappa shape index (κ2) is 39.6. The minimum Gasteiger partial charge on any atom is -0.388 e. The van der Waals surface area contributed by atoms with Gasteiger partial charge in [-0.1, -0.05) is 187 Å². The number of unbranched alkanes of at least 4 members (excludes halogenated alkanes) is 2. The zero-order valence-corrected chi connectivity index (χ0v) is 32.9. The Kier molecular flexibility index (Phi) is 44.7. The Morgan fingerprint density at radius 1 is 0.538 bits per heavy atom. The summed E-state index contributed by atoms with van der Waals surface area (Å²) in [5.41, 5.74) is 0. The highest BCUT2D eigenvalue weighted by Crippen LogP contribution is 2.47. The number of hydrogen-bond donors (Lipinski definition) is 2. The van der Waals surface area contributed by atoms with Gasteiger partial charge in [0.1, 0.15) is 19.3 Å². The summed E-state index contributed by atoms with van der Waals surface area (Å²) in [6.45, 7) is 15.9. The Hall–Kier alpha value is -2.61.